The molecule has 0 saturated heterocycles. The summed E-state index contributed by atoms with van der Waals surface area (Å²) in [6.45, 7) is 3.57. The van der Waals surface area contributed by atoms with Gasteiger partial charge in [0.1, 0.15) is 5.75 Å². The fourth-order valence-corrected chi connectivity index (χ4v) is 3.99. The summed E-state index contributed by atoms with van der Waals surface area (Å²) in [5.41, 5.74) is 2.85. The molecule has 1 heterocycles. The van der Waals surface area contributed by atoms with Crippen molar-refractivity contribution in [1.82, 2.24) is 5.32 Å². The quantitative estimate of drug-likeness (QED) is 0.443. The van der Waals surface area contributed by atoms with Crippen LogP contribution in [0, 0.1) is 0 Å². The average molecular weight is 467 g/mol. The van der Waals surface area contributed by atoms with Crippen molar-refractivity contribution in [1.29, 1.82) is 0 Å². The third-order valence-electron chi connectivity index (χ3n) is 5.30. The summed E-state index contributed by atoms with van der Waals surface area (Å²) >= 11 is 6.28. The van der Waals surface area contributed by atoms with E-state index in [1.54, 1.807) is 0 Å². The molecule has 33 heavy (non-hydrogen) atoms. The van der Waals surface area contributed by atoms with Crippen LogP contribution in [-0.4, -0.2) is 25.7 Å². The molecule has 1 aliphatic rings. The zero-order chi connectivity index (χ0) is 23.0. The zero-order valence-corrected chi connectivity index (χ0v) is 19.2. The minimum atomic E-state index is -0.230. The van der Waals surface area contributed by atoms with Crippen molar-refractivity contribution in [2.24, 2.45) is 0 Å². The number of halogens is 1. The molecule has 1 aliphatic heterocycles. The molecule has 1 amide bonds. The molecule has 0 aromatic heterocycles. The first-order valence-electron chi connectivity index (χ1n) is 11.0. The SMILES string of the molecule is CCOc1cc(CNC2CCOc3c(Cl)cccc32)ccc1OCC(=O)Nc1ccccc1. The summed E-state index contributed by atoms with van der Waals surface area (Å²) < 4.78 is 17.3. The lowest BCUT2D eigenvalue weighted by Gasteiger charge is -2.27. The van der Waals surface area contributed by atoms with Crippen LogP contribution in [0.15, 0.2) is 66.7 Å². The van der Waals surface area contributed by atoms with Gasteiger partial charge in [0.25, 0.3) is 5.91 Å². The molecule has 0 spiro atoms. The summed E-state index contributed by atoms with van der Waals surface area (Å²) in [5.74, 6) is 1.67. The maximum absolute atomic E-state index is 12.2. The topological polar surface area (TPSA) is 68.8 Å². The number of benzene rings is 3. The molecule has 7 heteroatoms. The fourth-order valence-electron chi connectivity index (χ4n) is 3.75. The molecule has 0 radical (unpaired) electrons. The molecule has 0 fully saturated rings. The Kier molecular flexibility index (Phi) is 7.70. The Bertz CT molecular complexity index is 1090. The maximum Gasteiger partial charge on any atom is 0.262 e. The lowest BCUT2D eigenvalue weighted by Crippen LogP contribution is -2.27. The number of fused-ring (bicyclic) bond motifs is 1. The Hall–Kier alpha value is -3.22. The first-order chi connectivity index (χ1) is 16.1. The monoisotopic (exact) mass is 466 g/mol. The van der Waals surface area contributed by atoms with Crippen LogP contribution in [-0.2, 0) is 11.3 Å². The highest BCUT2D eigenvalue weighted by atomic mass is 35.5. The van der Waals surface area contributed by atoms with E-state index in [1.165, 1.54) is 0 Å². The highest BCUT2D eigenvalue weighted by Gasteiger charge is 2.23. The number of anilines is 1. The van der Waals surface area contributed by atoms with Crippen molar-refractivity contribution in [3.05, 3.63) is 82.9 Å². The third kappa shape index (κ3) is 5.97. The number of hydrogen-bond donors (Lipinski definition) is 2. The van der Waals surface area contributed by atoms with Gasteiger partial charge >= 0.3 is 0 Å². The number of amides is 1. The van der Waals surface area contributed by atoms with Crippen molar-refractivity contribution >= 4 is 23.2 Å². The maximum atomic E-state index is 12.2. The van der Waals surface area contributed by atoms with Gasteiger partial charge in [-0.2, -0.15) is 0 Å². The van der Waals surface area contributed by atoms with Crippen molar-refractivity contribution < 1.29 is 19.0 Å². The van der Waals surface area contributed by atoms with Gasteiger partial charge in [-0.15, -0.1) is 0 Å². The van der Waals surface area contributed by atoms with Gasteiger partial charge in [0.05, 0.1) is 18.2 Å². The van der Waals surface area contributed by atoms with Crippen LogP contribution in [0.5, 0.6) is 17.2 Å². The lowest BCUT2D eigenvalue weighted by atomic mass is 10.00. The second-order valence-corrected chi connectivity index (χ2v) is 8.05. The second-order valence-electron chi connectivity index (χ2n) is 7.65. The standard InChI is InChI=1S/C26H27ClN2O4/c1-2-31-24-15-18(16-28-22-13-14-32-26-20(22)9-6-10-21(26)27)11-12-23(24)33-17-25(30)29-19-7-4-3-5-8-19/h3-12,15,22,28H,2,13-14,16-17H2,1H3,(H,29,30). The first kappa shape index (κ1) is 23.0. The van der Waals surface area contributed by atoms with Crippen LogP contribution in [0.3, 0.4) is 0 Å². The second kappa shape index (κ2) is 11.1. The molecule has 4 rings (SSSR count). The predicted octanol–water partition coefficient (Wildman–Crippen LogP) is 5.37. The van der Waals surface area contributed by atoms with E-state index >= 15 is 0 Å². The van der Waals surface area contributed by atoms with Crippen molar-refractivity contribution in [2.75, 3.05) is 25.1 Å². The Balaban J connectivity index is 1.38. The van der Waals surface area contributed by atoms with Gasteiger partial charge in [0.15, 0.2) is 18.1 Å². The molecule has 3 aromatic carbocycles. The van der Waals surface area contributed by atoms with Crippen LogP contribution in [0.2, 0.25) is 5.02 Å². The van der Waals surface area contributed by atoms with E-state index in [0.717, 1.165) is 29.0 Å². The Morgan fingerprint density at radius 3 is 2.73 bits per heavy atom. The normalized spacial score (nSPS) is 14.7. The van der Waals surface area contributed by atoms with Gasteiger partial charge in [0.2, 0.25) is 0 Å². The van der Waals surface area contributed by atoms with E-state index in [-0.39, 0.29) is 18.6 Å². The number of ether oxygens (including phenoxy) is 3. The highest BCUT2D eigenvalue weighted by Crippen LogP contribution is 2.37. The molecule has 1 atom stereocenters. The van der Waals surface area contributed by atoms with E-state index in [9.17, 15) is 4.79 Å². The molecule has 0 bridgehead atoms. The van der Waals surface area contributed by atoms with Crippen molar-refractivity contribution in [3.8, 4) is 17.2 Å². The van der Waals surface area contributed by atoms with E-state index in [4.69, 9.17) is 25.8 Å². The van der Waals surface area contributed by atoms with Crippen LogP contribution in [0.25, 0.3) is 0 Å². The van der Waals surface area contributed by atoms with Gasteiger partial charge in [-0.25, -0.2) is 0 Å². The molecular weight excluding hydrogens is 440 g/mol. The van der Waals surface area contributed by atoms with Gasteiger partial charge in [0, 0.05) is 30.3 Å². The smallest absolute Gasteiger partial charge is 0.262 e. The Labute approximate surface area is 198 Å². The van der Waals surface area contributed by atoms with Gasteiger partial charge in [-0.05, 0) is 42.8 Å². The number of para-hydroxylation sites is 2. The van der Waals surface area contributed by atoms with Crippen molar-refractivity contribution in [3.63, 3.8) is 0 Å². The number of hydrogen-bond acceptors (Lipinski definition) is 5. The minimum absolute atomic E-state index is 0.105. The van der Waals surface area contributed by atoms with Crippen LogP contribution in [0.4, 0.5) is 5.69 Å². The van der Waals surface area contributed by atoms with E-state index in [2.05, 4.69) is 10.6 Å². The van der Waals surface area contributed by atoms with Crippen LogP contribution >= 0.6 is 11.6 Å². The molecular formula is C26H27ClN2O4. The lowest BCUT2D eigenvalue weighted by molar-refractivity contribution is -0.118. The van der Waals surface area contributed by atoms with Crippen molar-refractivity contribution in [2.45, 2.75) is 25.9 Å². The number of carbonyl (C=O) groups is 1. The first-order valence-corrected chi connectivity index (χ1v) is 11.4. The summed E-state index contributed by atoms with van der Waals surface area (Å²) in [7, 11) is 0. The predicted molar refractivity (Wildman–Crippen MR) is 129 cm³/mol. The largest absolute Gasteiger partial charge is 0.492 e. The third-order valence-corrected chi connectivity index (χ3v) is 5.60. The number of nitrogens with one attached hydrogen (secondary N) is 2. The highest BCUT2D eigenvalue weighted by molar-refractivity contribution is 6.32. The molecule has 0 aliphatic carbocycles. The molecule has 172 valence electrons. The van der Waals surface area contributed by atoms with E-state index in [1.807, 2.05) is 73.7 Å². The summed E-state index contributed by atoms with van der Waals surface area (Å²) in [5, 5.41) is 7.03. The van der Waals surface area contributed by atoms with Crippen LogP contribution in [0.1, 0.15) is 30.5 Å². The summed E-state index contributed by atoms with van der Waals surface area (Å²) in [6.07, 6.45) is 0.864. The fraction of sp³-hybridized carbons (Fsp3) is 0.269. The molecule has 0 saturated carbocycles. The molecule has 6 nitrogen and oxygen atoms in total. The Morgan fingerprint density at radius 1 is 1.06 bits per heavy atom. The van der Waals surface area contributed by atoms with Gasteiger partial charge in [-0.3, -0.25) is 4.79 Å². The minimum Gasteiger partial charge on any atom is -0.492 e. The van der Waals surface area contributed by atoms with Gasteiger partial charge in [-0.1, -0.05) is 48.0 Å². The zero-order valence-electron chi connectivity index (χ0n) is 18.5. The number of carbonyl (C=O) groups excluding carboxylic acids is 1. The van der Waals surface area contributed by atoms with Gasteiger partial charge < -0.3 is 24.8 Å². The van der Waals surface area contributed by atoms with Crippen LogP contribution < -0.4 is 24.8 Å². The molecule has 3 aromatic rings. The molecule has 1 unspecified atom stereocenters. The Morgan fingerprint density at radius 2 is 1.91 bits per heavy atom. The molecule has 2 N–H and O–H groups in total. The van der Waals surface area contributed by atoms with E-state index < -0.39 is 0 Å². The number of rotatable bonds is 9. The van der Waals surface area contributed by atoms with E-state index in [0.29, 0.717) is 36.3 Å². The summed E-state index contributed by atoms with van der Waals surface area (Å²) in [4.78, 5) is 12.2. The average Bonchev–Trinajstić information content (AvgIpc) is 2.83. The summed E-state index contributed by atoms with van der Waals surface area (Å²) in [6, 6.07) is 21.0.